The molecule has 0 bridgehead atoms. The largest absolute Gasteiger partial charge is 0.369 e. The molecule has 2 atom stereocenters. The van der Waals surface area contributed by atoms with E-state index in [4.69, 9.17) is 4.74 Å². The predicted octanol–water partition coefficient (Wildman–Crippen LogP) is 0.617. The number of hydrogen-bond donors (Lipinski definition) is 1. The summed E-state index contributed by atoms with van der Waals surface area (Å²) in [4.78, 5) is 8.26. The van der Waals surface area contributed by atoms with Crippen molar-refractivity contribution in [2.24, 2.45) is 0 Å². The van der Waals surface area contributed by atoms with Crippen LogP contribution < -0.4 is 0 Å². The van der Waals surface area contributed by atoms with Crippen molar-refractivity contribution in [3.8, 4) is 0 Å². The summed E-state index contributed by atoms with van der Waals surface area (Å²) >= 11 is 0. The number of ether oxygens (including phenoxy) is 1. The van der Waals surface area contributed by atoms with Crippen molar-refractivity contribution in [3.05, 3.63) is 23.8 Å². The van der Waals surface area contributed by atoms with Crippen LogP contribution in [0, 0.1) is 6.92 Å². The molecule has 1 saturated heterocycles. The summed E-state index contributed by atoms with van der Waals surface area (Å²) in [5.74, 6) is 0.467. The first-order valence-corrected chi connectivity index (χ1v) is 6.47. The van der Waals surface area contributed by atoms with Crippen LogP contribution in [0.4, 0.5) is 0 Å². The van der Waals surface area contributed by atoms with Crippen molar-refractivity contribution in [2.45, 2.75) is 31.1 Å². The van der Waals surface area contributed by atoms with Crippen molar-refractivity contribution in [2.75, 3.05) is 6.61 Å². The third-order valence-corrected chi connectivity index (χ3v) is 3.69. The van der Waals surface area contributed by atoms with E-state index < -0.39 is 22.1 Å². The molecule has 0 spiro atoms. The van der Waals surface area contributed by atoms with Gasteiger partial charge in [-0.2, -0.15) is 0 Å². The fraction of sp³-hybridized carbons (Fsp3) is 0.600. The molecule has 5 nitrogen and oxygen atoms in total. The van der Waals surface area contributed by atoms with E-state index in [-0.39, 0.29) is 0 Å². The second-order valence-corrected chi connectivity index (χ2v) is 5.14. The van der Waals surface area contributed by atoms with Crippen molar-refractivity contribution in [1.82, 2.24) is 9.97 Å². The van der Waals surface area contributed by atoms with Crippen LogP contribution in [0.5, 0.6) is 0 Å². The van der Waals surface area contributed by atoms with E-state index in [1.165, 1.54) is 0 Å². The van der Waals surface area contributed by atoms with Crippen LogP contribution in [0.1, 0.15) is 30.3 Å². The van der Waals surface area contributed by atoms with Gasteiger partial charge in [0.2, 0.25) is 0 Å². The molecule has 16 heavy (non-hydrogen) atoms. The normalized spacial score (nSPS) is 25.9. The molecule has 0 amide bonds. The Labute approximate surface area is 95.8 Å². The zero-order valence-corrected chi connectivity index (χ0v) is 9.89. The highest BCUT2D eigenvalue weighted by Crippen LogP contribution is 2.27. The third-order valence-electron chi connectivity index (χ3n) is 2.62. The van der Waals surface area contributed by atoms with Gasteiger partial charge in [0.1, 0.15) is 16.8 Å². The standard InChI is InChI=1S/C10H14N2O3S/c1-7-5-11-10(12-6-7)9-8(16(13)14)3-2-4-15-9/h5-6,8-9,16H,2-4H2,1H3/t8-,9-/m0/s1. The van der Waals surface area contributed by atoms with Gasteiger partial charge in [-0.1, -0.05) is 0 Å². The van der Waals surface area contributed by atoms with Crippen LogP contribution in [-0.2, 0) is 15.4 Å². The molecule has 88 valence electrons. The summed E-state index contributed by atoms with van der Waals surface area (Å²) < 4.78 is 27.7. The SMILES string of the molecule is Cc1cnc([C@H]2OCCC[C@@H]2[SH](=O)=O)nc1. The Bertz CT molecular complexity index is 422. The highest BCUT2D eigenvalue weighted by molar-refractivity contribution is 7.73. The van der Waals surface area contributed by atoms with Crippen LogP contribution >= 0.6 is 0 Å². The molecule has 1 aliphatic rings. The predicted molar refractivity (Wildman–Crippen MR) is 58.8 cm³/mol. The fourth-order valence-corrected chi connectivity index (χ4v) is 2.61. The molecule has 2 heterocycles. The second-order valence-electron chi connectivity index (χ2n) is 3.90. The van der Waals surface area contributed by atoms with E-state index in [0.717, 1.165) is 12.0 Å². The van der Waals surface area contributed by atoms with Gasteiger partial charge in [0.05, 0.1) is 5.25 Å². The van der Waals surface area contributed by atoms with Crippen molar-refractivity contribution in [1.29, 1.82) is 0 Å². The summed E-state index contributed by atoms with van der Waals surface area (Å²) in [6.45, 7) is 2.46. The Kier molecular flexibility index (Phi) is 3.50. The lowest BCUT2D eigenvalue weighted by Crippen LogP contribution is -2.29. The van der Waals surface area contributed by atoms with Gasteiger partial charge in [-0.3, -0.25) is 0 Å². The van der Waals surface area contributed by atoms with Gasteiger partial charge < -0.3 is 4.74 Å². The summed E-state index contributed by atoms with van der Waals surface area (Å²) in [5.41, 5.74) is 0.947. The molecule has 0 unspecified atom stereocenters. The summed E-state index contributed by atoms with van der Waals surface area (Å²) in [7, 11) is -2.49. The molecule has 0 radical (unpaired) electrons. The first kappa shape index (κ1) is 11.5. The third kappa shape index (κ3) is 2.38. The maximum absolute atomic E-state index is 11.1. The van der Waals surface area contributed by atoms with Crippen LogP contribution in [-0.4, -0.2) is 30.2 Å². The Morgan fingerprint density at radius 1 is 1.38 bits per heavy atom. The first-order valence-electron chi connectivity index (χ1n) is 5.22. The van der Waals surface area contributed by atoms with Crippen LogP contribution in [0.3, 0.4) is 0 Å². The number of aryl methyl sites for hydroxylation is 1. The van der Waals surface area contributed by atoms with Gasteiger partial charge in [-0.25, -0.2) is 18.4 Å². The molecule has 0 aliphatic carbocycles. The molecule has 6 heteroatoms. The summed E-state index contributed by atoms with van der Waals surface area (Å²) in [6.07, 6.45) is 4.25. The van der Waals surface area contributed by atoms with Crippen molar-refractivity contribution < 1.29 is 13.2 Å². The quantitative estimate of drug-likeness (QED) is 0.770. The molecule has 0 N–H and O–H groups in total. The van der Waals surface area contributed by atoms with E-state index in [1.54, 1.807) is 12.4 Å². The van der Waals surface area contributed by atoms with Gasteiger partial charge in [-0.15, -0.1) is 0 Å². The average Bonchev–Trinajstić information content (AvgIpc) is 2.30. The average molecular weight is 242 g/mol. The number of hydrogen-bond acceptors (Lipinski definition) is 5. The Morgan fingerprint density at radius 3 is 2.69 bits per heavy atom. The molecular formula is C10H14N2O3S. The zero-order chi connectivity index (χ0) is 11.5. The summed E-state index contributed by atoms with van der Waals surface area (Å²) in [5, 5.41) is -0.494. The van der Waals surface area contributed by atoms with E-state index in [0.29, 0.717) is 18.9 Å². The fourth-order valence-electron chi connectivity index (χ4n) is 1.78. The smallest absolute Gasteiger partial charge is 0.158 e. The monoisotopic (exact) mass is 242 g/mol. The van der Waals surface area contributed by atoms with Crippen LogP contribution in [0.25, 0.3) is 0 Å². The molecule has 1 aromatic rings. The minimum absolute atomic E-state index is 0.467. The molecule has 0 aromatic carbocycles. The minimum atomic E-state index is -2.49. The van der Waals surface area contributed by atoms with Gasteiger partial charge in [-0.05, 0) is 25.3 Å². The molecular weight excluding hydrogens is 228 g/mol. The number of thiol groups is 1. The highest BCUT2D eigenvalue weighted by atomic mass is 32.2. The Balaban J connectivity index is 2.26. The minimum Gasteiger partial charge on any atom is -0.369 e. The van der Waals surface area contributed by atoms with E-state index in [2.05, 4.69) is 9.97 Å². The lowest BCUT2D eigenvalue weighted by atomic mass is 10.1. The maximum atomic E-state index is 11.1. The topological polar surface area (TPSA) is 69.2 Å². The maximum Gasteiger partial charge on any atom is 0.158 e. The van der Waals surface area contributed by atoms with Crippen LogP contribution in [0.2, 0.25) is 0 Å². The van der Waals surface area contributed by atoms with E-state index in [9.17, 15) is 8.42 Å². The Morgan fingerprint density at radius 2 is 2.06 bits per heavy atom. The lowest BCUT2D eigenvalue weighted by molar-refractivity contribution is 0.0132. The number of aromatic nitrogens is 2. The lowest BCUT2D eigenvalue weighted by Gasteiger charge is -2.26. The van der Waals surface area contributed by atoms with E-state index in [1.807, 2.05) is 6.92 Å². The molecule has 1 aromatic heterocycles. The second kappa shape index (κ2) is 4.88. The summed E-state index contributed by atoms with van der Waals surface area (Å²) in [6, 6.07) is 0. The number of nitrogens with zero attached hydrogens (tertiary/aromatic N) is 2. The van der Waals surface area contributed by atoms with Crippen molar-refractivity contribution >= 4 is 10.7 Å². The molecule has 2 rings (SSSR count). The van der Waals surface area contributed by atoms with Gasteiger partial charge >= 0.3 is 0 Å². The molecule has 1 aliphatic heterocycles. The zero-order valence-electron chi connectivity index (χ0n) is 9.00. The Hall–Kier alpha value is -1.01. The molecule has 1 fully saturated rings. The van der Waals surface area contributed by atoms with Gasteiger partial charge in [0.15, 0.2) is 5.82 Å². The van der Waals surface area contributed by atoms with E-state index >= 15 is 0 Å². The van der Waals surface area contributed by atoms with Crippen molar-refractivity contribution in [3.63, 3.8) is 0 Å². The van der Waals surface area contributed by atoms with Gasteiger partial charge in [0.25, 0.3) is 0 Å². The molecule has 0 saturated carbocycles. The van der Waals surface area contributed by atoms with Gasteiger partial charge in [0, 0.05) is 19.0 Å². The first-order chi connectivity index (χ1) is 7.68. The van der Waals surface area contributed by atoms with Crippen LogP contribution in [0.15, 0.2) is 12.4 Å². The number of rotatable bonds is 2. The highest BCUT2D eigenvalue weighted by Gasteiger charge is 2.31.